The van der Waals surface area contributed by atoms with Crippen LogP contribution >= 0.6 is 11.3 Å². The van der Waals surface area contributed by atoms with Gasteiger partial charge < -0.3 is 10.5 Å². The summed E-state index contributed by atoms with van der Waals surface area (Å²) in [5.41, 5.74) is 11.1. The maximum atomic E-state index is 13.8. The number of morpholine rings is 1. The van der Waals surface area contributed by atoms with E-state index in [0.717, 1.165) is 27.3 Å². The minimum Gasteiger partial charge on any atom is -0.383 e. The van der Waals surface area contributed by atoms with Crippen LogP contribution in [-0.2, 0) is 9.53 Å². The van der Waals surface area contributed by atoms with Crippen LogP contribution in [-0.4, -0.2) is 42.1 Å². The van der Waals surface area contributed by atoms with Crippen LogP contribution in [0.2, 0.25) is 0 Å². The summed E-state index contributed by atoms with van der Waals surface area (Å²) < 4.78 is 5.56. The Kier molecular flexibility index (Phi) is 5.83. The van der Waals surface area contributed by atoms with Crippen molar-refractivity contribution in [2.45, 2.75) is 38.5 Å². The molecule has 1 aromatic heterocycles. The molecule has 1 aliphatic carbocycles. The number of allylic oxidation sites excluding steroid dienone is 3. The number of aryl methyl sites for hydroxylation is 2. The number of nitrogens with zero attached hydrogens (tertiary/aromatic N) is 3. The Balaban J connectivity index is 1.68. The first kappa shape index (κ1) is 21.9. The van der Waals surface area contributed by atoms with Crippen molar-refractivity contribution in [2.24, 2.45) is 5.73 Å². The molecule has 6 nitrogen and oxygen atoms in total. The highest BCUT2D eigenvalue weighted by Gasteiger charge is 2.44. The van der Waals surface area contributed by atoms with Gasteiger partial charge in [0.2, 0.25) is 0 Å². The number of rotatable bonds is 3. The number of hydrogen-bond acceptors (Lipinski definition) is 7. The fourth-order valence-electron chi connectivity index (χ4n) is 5.40. The molecule has 5 rings (SSSR count). The Labute approximate surface area is 198 Å². The first-order valence-corrected chi connectivity index (χ1v) is 12.2. The Morgan fingerprint density at radius 2 is 1.88 bits per heavy atom. The summed E-state index contributed by atoms with van der Waals surface area (Å²) >= 11 is 1.70. The summed E-state index contributed by atoms with van der Waals surface area (Å²) in [7, 11) is 0. The minimum absolute atomic E-state index is 0.0865. The second kappa shape index (κ2) is 8.79. The van der Waals surface area contributed by atoms with Crippen molar-refractivity contribution in [3.05, 3.63) is 79.9 Å². The smallest absolute Gasteiger partial charge is 0.162 e. The molecule has 2 aliphatic heterocycles. The van der Waals surface area contributed by atoms with Crippen LogP contribution in [0.1, 0.15) is 45.6 Å². The second-order valence-corrected chi connectivity index (χ2v) is 10.3. The summed E-state index contributed by atoms with van der Waals surface area (Å²) in [5.74, 6) is 0.227. The molecule has 2 aromatic rings. The highest BCUT2D eigenvalue weighted by atomic mass is 32.1. The zero-order chi connectivity index (χ0) is 23.1. The van der Waals surface area contributed by atoms with E-state index >= 15 is 0 Å². The van der Waals surface area contributed by atoms with Crippen LogP contribution in [0.25, 0.3) is 0 Å². The number of nitriles is 1. The van der Waals surface area contributed by atoms with E-state index in [1.807, 2.05) is 23.2 Å². The summed E-state index contributed by atoms with van der Waals surface area (Å²) in [6.45, 7) is 6.65. The van der Waals surface area contributed by atoms with Gasteiger partial charge in [-0.25, -0.2) is 5.01 Å². The summed E-state index contributed by atoms with van der Waals surface area (Å²) in [6.07, 6.45) is 1.15. The molecule has 2 unspecified atom stereocenters. The number of nitrogens with two attached hydrogens (primary N) is 1. The molecule has 0 spiro atoms. The molecular weight excluding hydrogens is 432 g/mol. The first-order valence-electron chi connectivity index (χ1n) is 11.4. The largest absolute Gasteiger partial charge is 0.383 e. The zero-order valence-electron chi connectivity index (χ0n) is 19.0. The van der Waals surface area contributed by atoms with Gasteiger partial charge in [0, 0.05) is 40.5 Å². The molecule has 3 aliphatic rings. The number of ether oxygens (including phenoxy) is 1. The summed E-state index contributed by atoms with van der Waals surface area (Å²) in [4.78, 5) is 16.1. The molecule has 0 bridgehead atoms. The van der Waals surface area contributed by atoms with E-state index < -0.39 is 5.92 Å². The number of hydrogen-bond donors (Lipinski definition) is 1. The fourth-order valence-corrected chi connectivity index (χ4v) is 6.36. The minimum atomic E-state index is -0.406. The molecule has 0 radical (unpaired) electrons. The highest BCUT2D eigenvalue weighted by Crippen LogP contribution is 2.49. The molecule has 170 valence electrons. The summed E-state index contributed by atoms with van der Waals surface area (Å²) in [6, 6.07) is 14.7. The lowest BCUT2D eigenvalue weighted by Crippen LogP contribution is -2.52. The van der Waals surface area contributed by atoms with Crippen molar-refractivity contribution in [3.8, 4) is 6.07 Å². The number of thiophene rings is 1. The van der Waals surface area contributed by atoms with Crippen molar-refractivity contribution in [1.82, 2.24) is 10.0 Å². The lowest BCUT2D eigenvalue weighted by molar-refractivity contribution is -0.117. The standard InChI is InChI=1S/C26H28N4O2S/c1-16-12-20(17(2)33-16)24-21(15-27)26(28)30(29-8-10-32-11-9-29)22-13-19(14-23(31)25(22)24)18-6-4-3-5-7-18/h3-7,12,19,24H,8-11,13-14,28H2,1-2H3. The highest BCUT2D eigenvalue weighted by molar-refractivity contribution is 7.12. The third-order valence-corrected chi connectivity index (χ3v) is 7.85. The van der Waals surface area contributed by atoms with Gasteiger partial charge in [0.15, 0.2) is 5.78 Å². The van der Waals surface area contributed by atoms with Gasteiger partial charge in [-0.2, -0.15) is 5.26 Å². The van der Waals surface area contributed by atoms with Crippen molar-refractivity contribution in [3.63, 3.8) is 0 Å². The predicted octanol–water partition coefficient (Wildman–Crippen LogP) is 4.11. The molecule has 7 heteroatoms. The van der Waals surface area contributed by atoms with E-state index in [2.05, 4.69) is 43.1 Å². The van der Waals surface area contributed by atoms with E-state index in [1.54, 1.807) is 11.3 Å². The fraction of sp³-hybridized carbons (Fsp3) is 0.385. The van der Waals surface area contributed by atoms with Gasteiger partial charge in [0.1, 0.15) is 5.82 Å². The average molecular weight is 461 g/mol. The Morgan fingerprint density at radius 3 is 2.52 bits per heavy atom. The van der Waals surface area contributed by atoms with Crippen LogP contribution in [0.3, 0.4) is 0 Å². The number of benzene rings is 1. The van der Waals surface area contributed by atoms with Gasteiger partial charge in [-0.05, 0) is 43.4 Å². The van der Waals surface area contributed by atoms with Crippen molar-refractivity contribution in [1.29, 1.82) is 5.26 Å². The number of hydrazine groups is 1. The third kappa shape index (κ3) is 3.78. The van der Waals surface area contributed by atoms with Gasteiger partial charge in [-0.3, -0.25) is 9.80 Å². The molecule has 1 aromatic carbocycles. The third-order valence-electron chi connectivity index (χ3n) is 6.87. The quantitative estimate of drug-likeness (QED) is 0.742. The number of Topliss-reactive ketones (excluding diaryl/α,β-unsaturated/α-hetero) is 1. The molecule has 2 N–H and O–H groups in total. The van der Waals surface area contributed by atoms with Crippen LogP contribution in [0.15, 0.2) is 59.1 Å². The van der Waals surface area contributed by atoms with Crippen LogP contribution in [0.4, 0.5) is 0 Å². The molecule has 0 amide bonds. The van der Waals surface area contributed by atoms with E-state index in [0.29, 0.717) is 50.5 Å². The Hall–Kier alpha value is -2.92. The second-order valence-electron chi connectivity index (χ2n) is 8.89. The van der Waals surface area contributed by atoms with Crippen molar-refractivity contribution in [2.75, 3.05) is 26.3 Å². The number of ketones is 1. The van der Waals surface area contributed by atoms with Gasteiger partial charge in [-0.1, -0.05) is 30.3 Å². The maximum Gasteiger partial charge on any atom is 0.162 e. The van der Waals surface area contributed by atoms with E-state index in [4.69, 9.17) is 10.5 Å². The molecule has 0 saturated carbocycles. The zero-order valence-corrected chi connectivity index (χ0v) is 19.8. The predicted molar refractivity (Wildman–Crippen MR) is 128 cm³/mol. The number of carbonyl (C=O) groups is 1. The average Bonchev–Trinajstić information content (AvgIpc) is 3.16. The van der Waals surface area contributed by atoms with Crippen LogP contribution in [0, 0.1) is 25.2 Å². The molecule has 2 atom stereocenters. The Bertz CT molecular complexity index is 1180. The van der Waals surface area contributed by atoms with Crippen molar-refractivity contribution >= 4 is 17.1 Å². The lowest BCUT2D eigenvalue weighted by Gasteiger charge is -2.47. The Morgan fingerprint density at radius 1 is 1.15 bits per heavy atom. The van der Waals surface area contributed by atoms with Gasteiger partial charge in [-0.15, -0.1) is 11.3 Å². The molecule has 3 heterocycles. The summed E-state index contributed by atoms with van der Waals surface area (Å²) in [5, 5.41) is 14.3. The van der Waals surface area contributed by atoms with E-state index in [-0.39, 0.29) is 11.7 Å². The monoisotopic (exact) mass is 460 g/mol. The molecule has 1 saturated heterocycles. The number of carbonyl (C=O) groups excluding carboxylic acids is 1. The lowest BCUT2D eigenvalue weighted by atomic mass is 9.72. The van der Waals surface area contributed by atoms with E-state index in [9.17, 15) is 10.1 Å². The van der Waals surface area contributed by atoms with Crippen molar-refractivity contribution < 1.29 is 9.53 Å². The van der Waals surface area contributed by atoms with Gasteiger partial charge in [0.25, 0.3) is 0 Å². The molecular formula is C26H28N4O2S. The van der Waals surface area contributed by atoms with Gasteiger partial charge >= 0.3 is 0 Å². The normalized spacial score (nSPS) is 24.2. The van der Waals surface area contributed by atoms with E-state index in [1.165, 1.54) is 4.88 Å². The first-order chi connectivity index (χ1) is 16.0. The van der Waals surface area contributed by atoms with Crippen LogP contribution < -0.4 is 5.73 Å². The topological polar surface area (TPSA) is 82.6 Å². The molecule has 33 heavy (non-hydrogen) atoms. The molecule has 1 fully saturated rings. The SMILES string of the molecule is Cc1cc(C2C(C#N)=C(N)N(N3CCOCC3)C3=C2C(=O)CC(c2ccccc2)C3)c(C)s1. The maximum absolute atomic E-state index is 13.8. The van der Waals surface area contributed by atoms with Crippen LogP contribution in [0.5, 0.6) is 0 Å². The van der Waals surface area contributed by atoms with Gasteiger partial charge in [0.05, 0.1) is 30.8 Å².